The van der Waals surface area contributed by atoms with Crippen LogP contribution in [0.5, 0.6) is 0 Å². The third-order valence-electron chi connectivity index (χ3n) is 2.81. The normalized spacial score (nSPS) is 22.8. The van der Waals surface area contributed by atoms with Crippen LogP contribution >= 0.6 is 0 Å². The summed E-state index contributed by atoms with van der Waals surface area (Å²) < 4.78 is 30.6. The van der Waals surface area contributed by atoms with E-state index in [1.54, 1.807) is 13.1 Å². The molecule has 0 aromatic carbocycles. The zero-order valence-electron chi connectivity index (χ0n) is 10.0. The summed E-state index contributed by atoms with van der Waals surface area (Å²) in [7, 11) is -3.14. The number of nitrogens with one attached hydrogen (secondary N) is 1. The second kappa shape index (κ2) is 4.75. The standard InChI is InChI=1S/C10H17N3O3S/c1-3-17(14,15)13-4-5-16-9(7-13)10-11-6-8(2)12-10/h6,9H,3-5,7H2,1-2H3,(H,11,12). The van der Waals surface area contributed by atoms with Gasteiger partial charge in [0.15, 0.2) is 0 Å². The number of aromatic amines is 1. The number of aromatic nitrogens is 2. The predicted octanol–water partition coefficient (Wildman–Crippen LogP) is 0.441. The zero-order valence-corrected chi connectivity index (χ0v) is 10.8. The highest BCUT2D eigenvalue weighted by molar-refractivity contribution is 7.89. The Hall–Kier alpha value is -0.920. The molecule has 1 unspecified atom stereocenters. The summed E-state index contributed by atoms with van der Waals surface area (Å²) in [4.78, 5) is 7.26. The van der Waals surface area contributed by atoms with Gasteiger partial charge in [0.25, 0.3) is 0 Å². The number of hydrogen-bond acceptors (Lipinski definition) is 4. The quantitative estimate of drug-likeness (QED) is 0.854. The minimum absolute atomic E-state index is 0.122. The lowest BCUT2D eigenvalue weighted by molar-refractivity contribution is -0.00705. The lowest BCUT2D eigenvalue weighted by Crippen LogP contribution is -2.43. The summed E-state index contributed by atoms with van der Waals surface area (Å²) in [6.07, 6.45) is 1.42. The van der Waals surface area contributed by atoms with Crippen LogP contribution in [-0.4, -0.2) is 48.1 Å². The number of rotatable bonds is 3. The Morgan fingerprint density at radius 1 is 1.65 bits per heavy atom. The van der Waals surface area contributed by atoms with Crippen LogP contribution < -0.4 is 0 Å². The first-order chi connectivity index (χ1) is 8.03. The summed E-state index contributed by atoms with van der Waals surface area (Å²) >= 11 is 0. The van der Waals surface area contributed by atoms with E-state index in [2.05, 4.69) is 9.97 Å². The summed E-state index contributed by atoms with van der Waals surface area (Å²) in [6.45, 7) is 4.72. The number of morpholine rings is 1. The molecule has 0 bridgehead atoms. The van der Waals surface area contributed by atoms with Crippen LogP contribution in [0.4, 0.5) is 0 Å². The fraction of sp³-hybridized carbons (Fsp3) is 0.700. The molecule has 6 nitrogen and oxygen atoms in total. The van der Waals surface area contributed by atoms with Crippen molar-refractivity contribution in [2.24, 2.45) is 0 Å². The minimum Gasteiger partial charge on any atom is -0.368 e. The van der Waals surface area contributed by atoms with Gasteiger partial charge in [0.1, 0.15) is 11.9 Å². The molecule has 1 fully saturated rings. The van der Waals surface area contributed by atoms with Crippen molar-refractivity contribution in [3.05, 3.63) is 17.7 Å². The first-order valence-electron chi connectivity index (χ1n) is 5.64. The lowest BCUT2D eigenvalue weighted by Gasteiger charge is -2.30. The molecule has 7 heteroatoms. The number of imidazole rings is 1. The van der Waals surface area contributed by atoms with Gasteiger partial charge in [-0.1, -0.05) is 0 Å². The molecule has 0 amide bonds. The smallest absolute Gasteiger partial charge is 0.214 e. The molecule has 2 heterocycles. The van der Waals surface area contributed by atoms with Gasteiger partial charge in [-0.05, 0) is 13.8 Å². The van der Waals surface area contributed by atoms with E-state index >= 15 is 0 Å². The molecular weight excluding hydrogens is 242 g/mol. The third-order valence-corrected chi connectivity index (χ3v) is 4.66. The maximum Gasteiger partial charge on any atom is 0.214 e. The van der Waals surface area contributed by atoms with Crippen LogP contribution in [0.3, 0.4) is 0 Å². The Bertz CT molecular complexity index is 483. The number of aryl methyl sites for hydroxylation is 1. The number of H-pyrrole nitrogens is 1. The van der Waals surface area contributed by atoms with Gasteiger partial charge in [-0.2, -0.15) is 4.31 Å². The van der Waals surface area contributed by atoms with Crippen LogP contribution in [0.1, 0.15) is 24.5 Å². The van der Waals surface area contributed by atoms with Gasteiger partial charge in [0.2, 0.25) is 10.0 Å². The van der Waals surface area contributed by atoms with E-state index in [9.17, 15) is 8.42 Å². The Labute approximate surface area is 101 Å². The predicted molar refractivity (Wildman–Crippen MR) is 63.1 cm³/mol. The van der Waals surface area contributed by atoms with Crippen LogP contribution in [0.25, 0.3) is 0 Å². The van der Waals surface area contributed by atoms with Gasteiger partial charge in [-0.15, -0.1) is 0 Å². The molecule has 0 spiro atoms. The SMILES string of the molecule is CCS(=O)(=O)N1CCOC(c2ncc(C)[nH]2)C1. The van der Waals surface area contributed by atoms with Crippen LogP contribution in [-0.2, 0) is 14.8 Å². The summed E-state index contributed by atoms with van der Waals surface area (Å²) in [6, 6.07) is 0. The van der Waals surface area contributed by atoms with Crippen LogP contribution in [0.15, 0.2) is 6.20 Å². The second-order valence-corrected chi connectivity index (χ2v) is 6.33. The first kappa shape index (κ1) is 12.5. The fourth-order valence-corrected chi connectivity index (χ4v) is 2.90. The van der Waals surface area contributed by atoms with Crippen molar-refractivity contribution in [3.63, 3.8) is 0 Å². The van der Waals surface area contributed by atoms with Gasteiger partial charge < -0.3 is 9.72 Å². The van der Waals surface area contributed by atoms with Gasteiger partial charge in [0.05, 0.1) is 12.4 Å². The highest BCUT2D eigenvalue weighted by atomic mass is 32.2. The van der Waals surface area contributed by atoms with Gasteiger partial charge in [0, 0.05) is 25.0 Å². The molecule has 1 saturated heterocycles. The van der Waals surface area contributed by atoms with Crippen LogP contribution in [0.2, 0.25) is 0 Å². The first-order valence-corrected chi connectivity index (χ1v) is 7.25. The van der Waals surface area contributed by atoms with Crippen molar-refractivity contribution in [3.8, 4) is 0 Å². The molecule has 1 N–H and O–H groups in total. The molecule has 0 aliphatic carbocycles. The van der Waals surface area contributed by atoms with E-state index < -0.39 is 10.0 Å². The molecule has 1 aromatic heterocycles. The fourth-order valence-electron chi connectivity index (χ4n) is 1.82. The van der Waals surface area contributed by atoms with Crippen LogP contribution in [0, 0.1) is 6.92 Å². The Kier molecular flexibility index (Phi) is 3.50. The van der Waals surface area contributed by atoms with E-state index in [0.29, 0.717) is 25.5 Å². The zero-order chi connectivity index (χ0) is 12.5. The van der Waals surface area contributed by atoms with E-state index in [0.717, 1.165) is 5.69 Å². The Morgan fingerprint density at radius 3 is 3.00 bits per heavy atom. The largest absolute Gasteiger partial charge is 0.368 e. The summed E-state index contributed by atoms with van der Waals surface area (Å²) in [5.74, 6) is 0.815. The lowest BCUT2D eigenvalue weighted by atomic mass is 10.3. The minimum atomic E-state index is -3.14. The average molecular weight is 259 g/mol. The van der Waals surface area contributed by atoms with Gasteiger partial charge in [-0.3, -0.25) is 0 Å². The maximum atomic E-state index is 11.8. The highest BCUT2D eigenvalue weighted by Gasteiger charge is 2.30. The highest BCUT2D eigenvalue weighted by Crippen LogP contribution is 2.21. The van der Waals surface area contributed by atoms with E-state index in [4.69, 9.17) is 4.74 Å². The number of nitrogens with zero attached hydrogens (tertiary/aromatic N) is 2. The van der Waals surface area contributed by atoms with Gasteiger partial charge >= 0.3 is 0 Å². The van der Waals surface area contributed by atoms with E-state index in [1.807, 2.05) is 6.92 Å². The molecule has 1 aliphatic heterocycles. The molecule has 1 aliphatic rings. The molecule has 96 valence electrons. The summed E-state index contributed by atoms with van der Waals surface area (Å²) in [5, 5.41) is 0. The Morgan fingerprint density at radius 2 is 2.41 bits per heavy atom. The van der Waals surface area contributed by atoms with Crippen molar-refractivity contribution in [2.75, 3.05) is 25.4 Å². The molecule has 0 saturated carbocycles. The number of hydrogen-bond donors (Lipinski definition) is 1. The summed E-state index contributed by atoms with van der Waals surface area (Å²) in [5.41, 5.74) is 0.944. The molecule has 2 rings (SSSR count). The molecule has 0 radical (unpaired) electrons. The number of sulfonamides is 1. The second-order valence-electron chi connectivity index (χ2n) is 4.07. The maximum absolute atomic E-state index is 11.8. The molecular formula is C10H17N3O3S. The molecule has 1 aromatic rings. The van der Waals surface area contributed by atoms with Crippen molar-refractivity contribution in [2.45, 2.75) is 20.0 Å². The topological polar surface area (TPSA) is 75.3 Å². The van der Waals surface area contributed by atoms with Crippen molar-refractivity contribution in [1.29, 1.82) is 0 Å². The third kappa shape index (κ3) is 2.67. The van der Waals surface area contributed by atoms with E-state index in [1.165, 1.54) is 4.31 Å². The van der Waals surface area contributed by atoms with Gasteiger partial charge in [-0.25, -0.2) is 13.4 Å². The molecule has 1 atom stereocenters. The van der Waals surface area contributed by atoms with Crippen molar-refractivity contribution >= 4 is 10.0 Å². The van der Waals surface area contributed by atoms with Crippen molar-refractivity contribution in [1.82, 2.24) is 14.3 Å². The molecule has 17 heavy (non-hydrogen) atoms. The van der Waals surface area contributed by atoms with Crippen molar-refractivity contribution < 1.29 is 13.2 Å². The average Bonchev–Trinajstić information content (AvgIpc) is 2.76. The van der Waals surface area contributed by atoms with E-state index in [-0.39, 0.29) is 11.9 Å². The Balaban J connectivity index is 2.13. The number of ether oxygens (including phenoxy) is 1. The monoisotopic (exact) mass is 259 g/mol.